The van der Waals surface area contributed by atoms with Gasteiger partial charge >= 0.3 is 0 Å². The number of benzene rings is 4. The van der Waals surface area contributed by atoms with Crippen molar-refractivity contribution in [2.24, 2.45) is 7.05 Å². The van der Waals surface area contributed by atoms with Crippen molar-refractivity contribution < 1.29 is 4.74 Å². The number of thiazole rings is 1. The van der Waals surface area contributed by atoms with Gasteiger partial charge in [-0.05, 0) is 40.4 Å². The molecular weight excluding hydrogens is 780 g/mol. The Labute approximate surface area is 345 Å². The van der Waals surface area contributed by atoms with Crippen LogP contribution in [0.4, 0.5) is 0 Å². The molecule has 0 bridgehead atoms. The summed E-state index contributed by atoms with van der Waals surface area (Å²) in [7, 11) is 0.711. The Balaban J connectivity index is 1.02. The Bertz CT molecular complexity index is 2850. The molecule has 0 unspecified atom stereocenters. The molecule has 58 heavy (non-hydrogen) atoms. The molecule has 0 aliphatic heterocycles. The van der Waals surface area contributed by atoms with Crippen LogP contribution in [0.15, 0.2) is 132 Å². The Kier molecular flexibility index (Phi) is 9.97. The molecule has 0 amide bonds. The molecule has 13 heteroatoms. The first-order valence-corrected chi connectivity index (χ1v) is 24.3. The average molecular weight is 823 g/mol. The van der Waals surface area contributed by atoms with Crippen molar-refractivity contribution in [3.8, 4) is 0 Å². The molecule has 0 aliphatic carbocycles. The van der Waals surface area contributed by atoms with Crippen LogP contribution < -0.4 is 5.56 Å². The van der Waals surface area contributed by atoms with Gasteiger partial charge in [-0.15, -0.1) is 11.3 Å². The van der Waals surface area contributed by atoms with Gasteiger partial charge in [0.25, 0.3) is 5.56 Å². The van der Waals surface area contributed by atoms with Crippen LogP contribution in [0.25, 0.3) is 32.2 Å². The van der Waals surface area contributed by atoms with E-state index in [9.17, 15) is 4.79 Å². The summed E-state index contributed by atoms with van der Waals surface area (Å²) in [6.07, 6.45) is 4.10. The molecule has 0 fully saturated rings. The fourth-order valence-electron chi connectivity index (χ4n) is 7.90. The highest BCUT2D eigenvalue weighted by Crippen LogP contribution is 2.42. The van der Waals surface area contributed by atoms with E-state index in [0.29, 0.717) is 30.4 Å². The zero-order valence-corrected chi connectivity index (χ0v) is 35.4. The van der Waals surface area contributed by atoms with Gasteiger partial charge in [0.1, 0.15) is 27.9 Å². The van der Waals surface area contributed by atoms with Gasteiger partial charge in [0.05, 0.1) is 34.8 Å². The summed E-state index contributed by atoms with van der Waals surface area (Å²) in [5.41, 5.74) is 6.14. The molecule has 5 heterocycles. The third kappa shape index (κ3) is 6.79. The first kappa shape index (κ1) is 37.9. The molecule has 9 aromatic rings. The highest BCUT2D eigenvalue weighted by Gasteiger charge is 2.41. The van der Waals surface area contributed by atoms with Crippen molar-refractivity contribution in [2.75, 3.05) is 6.61 Å². The minimum Gasteiger partial charge on any atom is -0.360 e. The molecule has 9 rings (SSSR count). The van der Waals surface area contributed by atoms with Crippen molar-refractivity contribution >= 4 is 63.2 Å². The summed E-state index contributed by atoms with van der Waals surface area (Å²) in [5.74, 6) is 0. The molecule has 0 spiro atoms. The van der Waals surface area contributed by atoms with Gasteiger partial charge in [-0.3, -0.25) is 4.79 Å². The summed E-state index contributed by atoms with van der Waals surface area (Å²) >= 11 is 8.75. The van der Waals surface area contributed by atoms with E-state index < -0.39 is 13.6 Å². The molecule has 0 saturated heterocycles. The number of hydrogen-bond donors (Lipinski definition) is 0. The van der Waals surface area contributed by atoms with E-state index in [-0.39, 0.29) is 5.56 Å². The maximum atomic E-state index is 14.1. The number of halogens is 1. The largest absolute Gasteiger partial charge is 0.360 e. The van der Waals surface area contributed by atoms with Gasteiger partial charge in [0.15, 0.2) is 5.65 Å². The lowest BCUT2D eigenvalue weighted by atomic mass is 9.77. The first-order chi connectivity index (χ1) is 28.1. The fourth-order valence-corrected chi connectivity index (χ4v) is 10.1. The van der Waals surface area contributed by atoms with Crippen LogP contribution in [-0.2, 0) is 37.0 Å². The Hall–Kier alpha value is -5.66. The van der Waals surface area contributed by atoms with Crippen LogP contribution >= 0.6 is 22.9 Å². The molecule has 4 aromatic carbocycles. The van der Waals surface area contributed by atoms with Crippen LogP contribution in [0.1, 0.15) is 33.0 Å². The summed E-state index contributed by atoms with van der Waals surface area (Å²) in [6.45, 7) is 8.45. The maximum Gasteiger partial charge on any atom is 0.291 e. The highest BCUT2D eigenvalue weighted by molar-refractivity contribution is 7.19. The first-order valence-electron chi connectivity index (χ1n) is 19.4. The Morgan fingerprint density at radius 2 is 1.41 bits per heavy atom. The van der Waals surface area contributed by atoms with Gasteiger partial charge in [0, 0.05) is 38.9 Å². The van der Waals surface area contributed by atoms with Crippen LogP contribution in [0, 0.1) is 0 Å². The molecule has 10 nitrogen and oxygen atoms in total. The van der Waals surface area contributed by atoms with Gasteiger partial charge in [-0.25, -0.2) is 19.0 Å². The second kappa shape index (κ2) is 15.3. The van der Waals surface area contributed by atoms with Gasteiger partial charge in [0.2, 0.25) is 0 Å². The van der Waals surface area contributed by atoms with Crippen molar-refractivity contribution in [3.05, 3.63) is 176 Å². The predicted molar refractivity (Wildman–Crippen MR) is 236 cm³/mol. The Morgan fingerprint density at radius 1 is 0.793 bits per heavy atom. The van der Waals surface area contributed by atoms with Crippen LogP contribution in [0.5, 0.6) is 0 Å². The minimum absolute atomic E-state index is 0.171. The number of aromatic nitrogens is 8. The minimum atomic E-state index is -1.18. The summed E-state index contributed by atoms with van der Waals surface area (Å²) in [5, 5.41) is 17.6. The van der Waals surface area contributed by atoms with E-state index >= 15 is 0 Å². The molecule has 292 valence electrons. The third-order valence-corrected chi connectivity index (χ3v) is 13.9. The summed E-state index contributed by atoms with van der Waals surface area (Å²) < 4.78 is 14.1. The number of aryl methyl sites for hydroxylation is 1. The zero-order valence-electron chi connectivity index (χ0n) is 32.8. The highest BCUT2D eigenvalue weighted by atomic mass is 35.5. The third-order valence-electron chi connectivity index (χ3n) is 10.8. The maximum absolute atomic E-state index is 14.1. The average Bonchev–Trinajstić information content (AvgIpc) is 4.00. The van der Waals surface area contributed by atoms with Gasteiger partial charge < -0.3 is 9.30 Å². The molecular formula is C45H43ClN8O2SSi. The van der Waals surface area contributed by atoms with Crippen LogP contribution in [0.3, 0.4) is 0 Å². The second-order valence-corrected chi connectivity index (χ2v) is 23.0. The molecule has 0 saturated carbocycles. The lowest BCUT2D eigenvalue weighted by molar-refractivity contribution is 0.0817. The number of hydrogen-bond acceptors (Lipinski definition) is 7. The van der Waals surface area contributed by atoms with Gasteiger partial charge in [-0.2, -0.15) is 15.3 Å². The lowest BCUT2D eigenvalue weighted by Gasteiger charge is -2.36. The van der Waals surface area contributed by atoms with E-state index in [1.807, 2.05) is 106 Å². The number of nitrogens with zero attached hydrogens (tertiary/aromatic N) is 8. The molecule has 5 aromatic heterocycles. The van der Waals surface area contributed by atoms with Gasteiger partial charge in [-0.1, -0.05) is 134 Å². The molecule has 0 aliphatic rings. The number of rotatable bonds is 13. The monoisotopic (exact) mass is 822 g/mol. The fraction of sp³-hybridized carbons (Fsp3) is 0.222. The summed E-state index contributed by atoms with van der Waals surface area (Å²) in [4.78, 5) is 19.1. The second-order valence-electron chi connectivity index (χ2n) is 15.9. The molecule has 0 atom stereocenters. The number of ether oxygens (including phenoxy) is 1. The summed E-state index contributed by atoms with van der Waals surface area (Å²) in [6, 6.07) is 40.2. The van der Waals surface area contributed by atoms with Crippen LogP contribution in [0.2, 0.25) is 30.8 Å². The van der Waals surface area contributed by atoms with Crippen molar-refractivity contribution in [1.82, 2.24) is 38.9 Å². The Morgan fingerprint density at radius 3 is 2.05 bits per heavy atom. The molecule has 0 radical (unpaired) electrons. The number of fused-ring (bicyclic) bond motifs is 4. The van der Waals surface area contributed by atoms with E-state index in [0.717, 1.165) is 72.2 Å². The van der Waals surface area contributed by atoms with E-state index in [2.05, 4.69) is 66.2 Å². The quantitative estimate of drug-likeness (QED) is 0.0654. The predicted octanol–water partition coefficient (Wildman–Crippen LogP) is 9.34. The standard InChI is InChI=1S/C45H43ClN8O2SSi/c1-51-41-37(28-47-52(44(41)55)29-31-15-14-22-38-36(31)27-48-53(38)30-56-23-24-58(2,3)4)42-43(51)49-40(57-42)26-35-25-39(46)54(50-35)45(32-16-8-5-9-17-32,33-18-10-6-11-19-33)34-20-12-7-13-21-34/h5-22,25,27-28H,23-24,26,29-30H2,1-4H3. The van der Waals surface area contributed by atoms with E-state index in [1.54, 1.807) is 17.5 Å². The normalized spacial score (nSPS) is 12.4. The SMILES string of the molecule is Cn1c2nc(Cc3cc(Cl)n(C(c4ccccc4)(c4ccccc4)c4ccccc4)n3)sc2c2cnn(Cc3cccc4c3cnn4COCC[Si](C)(C)C)c(=O)c21. The van der Waals surface area contributed by atoms with Crippen molar-refractivity contribution in [1.29, 1.82) is 0 Å². The van der Waals surface area contributed by atoms with E-state index in [1.165, 1.54) is 4.68 Å². The van der Waals surface area contributed by atoms with Crippen molar-refractivity contribution in [3.63, 3.8) is 0 Å². The topological polar surface area (TPSA) is 97.6 Å². The van der Waals surface area contributed by atoms with Crippen LogP contribution in [-0.4, -0.2) is 53.6 Å². The molecule has 0 N–H and O–H groups in total. The smallest absolute Gasteiger partial charge is 0.291 e. The zero-order chi connectivity index (χ0) is 40.0. The van der Waals surface area contributed by atoms with E-state index in [4.69, 9.17) is 26.4 Å². The van der Waals surface area contributed by atoms with Crippen molar-refractivity contribution in [2.45, 2.75) is 50.9 Å². The lowest BCUT2D eigenvalue weighted by Crippen LogP contribution is -2.38.